The van der Waals surface area contributed by atoms with E-state index in [-0.39, 0.29) is 6.04 Å². The van der Waals surface area contributed by atoms with Crippen molar-refractivity contribution in [2.75, 3.05) is 6.54 Å². The molecular formula is C14H14BN3O. The molecule has 0 bridgehead atoms. The summed E-state index contributed by atoms with van der Waals surface area (Å²) >= 11 is 0. The monoisotopic (exact) mass is 251 g/mol. The minimum Gasteiger partial charge on any atom is -0.340 e. The zero-order valence-electron chi connectivity index (χ0n) is 10.5. The van der Waals surface area contributed by atoms with E-state index in [2.05, 4.69) is 9.97 Å². The minimum atomic E-state index is 0.0834. The van der Waals surface area contributed by atoms with E-state index in [0.717, 1.165) is 48.3 Å². The number of likely N-dealkylation sites (tertiary alicyclic amines) is 1. The number of carbonyl (C=O) groups is 1. The summed E-state index contributed by atoms with van der Waals surface area (Å²) in [6, 6.07) is 7.73. The second-order valence-electron chi connectivity index (χ2n) is 4.81. The van der Waals surface area contributed by atoms with Crippen molar-refractivity contribution in [3.05, 3.63) is 36.3 Å². The highest BCUT2D eigenvalue weighted by atomic mass is 16.1. The van der Waals surface area contributed by atoms with E-state index in [9.17, 15) is 4.79 Å². The number of rotatable bonds is 3. The van der Waals surface area contributed by atoms with E-state index in [1.54, 1.807) is 4.90 Å². The zero-order chi connectivity index (χ0) is 13.2. The molecule has 1 saturated heterocycles. The van der Waals surface area contributed by atoms with Crippen molar-refractivity contribution < 1.29 is 4.79 Å². The van der Waals surface area contributed by atoms with Crippen LogP contribution in [0.1, 0.15) is 24.7 Å². The molecule has 1 unspecified atom stereocenters. The van der Waals surface area contributed by atoms with Gasteiger partial charge in [0.15, 0.2) is 0 Å². The number of amides is 1. The molecule has 1 aliphatic rings. The lowest BCUT2D eigenvalue weighted by Crippen LogP contribution is -2.21. The predicted octanol–water partition coefficient (Wildman–Crippen LogP) is 1.16. The van der Waals surface area contributed by atoms with Gasteiger partial charge in [0.1, 0.15) is 13.7 Å². The van der Waals surface area contributed by atoms with Crippen LogP contribution in [0.15, 0.2) is 30.5 Å². The Morgan fingerprint density at radius 2 is 2.16 bits per heavy atom. The average molecular weight is 251 g/mol. The van der Waals surface area contributed by atoms with Crippen LogP contribution in [0.5, 0.6) is 0 Å². The van der Waals surface area contributed by atoms with Gasteiger partial charge in [-0.2, -0.15) is 0 Å². The van der Waals surface area contributed by atoms with Crippen molar-refractivity contribution in [2.45, 2.75) is 18.9 Å². The number of nitrogens with one attached hydrogen (secondary N) is 1. The second-order valence-corrected chi connectivity index (χ2v) is 4.81. The highest BCUT2D eigenvalue weighted by Gasteiger charge is 2.26. The van der Waals surface area contributed by atoms with E-state index in [1.807, 2.05) is 30.5 Å². The molecule has 3 rings (SSSR count). The number of aromatic amines is 1. The van der Waals surface area contributed by atoms with Crippen LogP contribution in [0, 0.1) is 0 Å². The molecule has 2 heterocycles. The number of carbonyl (C=O) groups excluding carboxylic acids is 1. The Hall–Kier alpha value is -2.04. The third kappa shape index (κ3) is 2.28. The number of hydrogen-bond acceptors (Lipinski definition) is 2. The number of hydrogen-bond donors (Lipinski definition) is 1. The fourth-order valence-electron chi connectivity index (χ4n) is 2.52. The molecule has 1 amide bonds. The molecule has 19 heavy (non-hydrogen) atoms. The number of imidazole rings is 1. The van der Waals surface area contributed by atoms with Crippen LogP contribution < -0.4 is 5.46 Å². The lowest BCUT2D eigenvalue weighted by Gasteiger charge is -2.17. The van der Waals surface area contributed by atoms with E-state index in [1.165, 1.54) is 0 Å². The van der Waals surface area contributed by atoms with Crippen LogP contribution in [0.2, 0.25) is 0 Å². The summed E-state index contributed by atoms with van der Waals surface area (Å²) in [5.41, 5.74) is 2.74. The Balaban J connectivity index is 1.87. The Kier molecular flexibility index (Phi) is 3.11. The van der Waals surface area contributed by atoms with Gasteiger partial charge in [-0.25, -0.2) is 4.98 Å². The zero-order valence-corrected chi connectivity index (χ0v) is 10.5. The Labute approximate surface area is 113 Å². The van der Waals surface area contributed by atoms with Crippen molar-refractivity contribution in [2.24, 2.45) is 0 Å². The van der Waals surface area contributed by atoms with E-state index < -0.39 is 0 Å². The molecule has 1 aromatic heterocycles. The maximum Gasteiger partial charge on any atom is 0.210 e. The van der Waals surface area contributed by atoms with Crippen LogP contribution >= 0.6 is 0 Å². The first-order chi connectivity index (χ1) is 9.28. The van der Waals surface area contributed by atoms with Gasteiger partial charge in [0.2, 0.25) is 6.41 Å². The van der Waals surface area contributed by atoms with Gasteiger partial charge in [0.05, 0.1) is 17.9 Å². The maximum atomic E-state index is 11.0. The standard InChI is InChI=1S/C14H14BN3O/c15-11-5-3-10(4-6-11)12-8-16-14(17-12)13-2-1-7-18(13)9-19/h3-6,8-9,13H,1-2,7H2,(H,16,17). The van der Waals surface area contributed by atoms with E-state index in [0.29, 0.717) is 0 Å². The largest absolute Gasteiger partial charge is 0.340 e. The van der Waals surface area contributed by atoms with Crippen molar-refractivity contribution in [3.63, 3.8) is 0 Å². The van der Waals surface area contributed by atoms with Crippen molar-refractivity contribution in [3.8, 4) is 11.3 Å². The quantitative estimate of drug-likeness (QED) is 0.657. The summed E-state index contributed by atoms with van der Waals surface area (Å²) in [5.74, 6) is 0.858. The predicted molar refractivity (Wildman–Crippen MR) is 74.2 cm³/mol. The van der Waals surface area contributed by atoms with Crippen LogP contribution in [0.3, 0.4) is 0 Å². The molecule has 5 heteroatoms. The maximum absolute atomic E-state index is 11.0. The number of aromatic nitrogens is 2. The van der Waals surface area contributed by atoms with E-state index in [4.69, 9.17) is 7.85 Å². The summed E-state index contributed by atoms with van der Waals surface area (Å²) in [4.78, 5) is 20.5. The molecule has 1 aromatic carbocycles. The first-order valence-electron chi connectivity index (χ1n) is 6.40. The number of H-pyrrole nitrogens is 1. The first kappa shape index (κ1) is 12.0. The molecule has 1 N–H and O–H groups in total. The normalized spacial score (nSPS) is 18.7. The Morgan fingerprint density at radius 3 is 2.89 bits per heavy atom. The van der Waals surface area contributed by atoms with Gasteiger partial charge in [0.25, 0.3) is 0 Å². The molecule has 2 aromatic rings. The van der Waals surface area contributed by atoms with Crippen molar-refractivity contribution in [1.29, 1.82) is 0 Å². The Bertz CT molecular complexity index is 579. The van der Waals surface area contributed by atoms with Gasteiger partial charge in [-0.15, -0.1) is 0 Å². The van der Waals surface area contributed by atoms with Crippen LogP contribution in [0.4, 0.5) is 0 Å². The lowest BCUT2D eigenvalue weighted by atomic mass is 9.95. The highest BCUT2D eigenvalue weighted by molar-refractivity contribution is 6.32. The molecule has 2 radical (unpaired) electrons. The fraction of sp³-hybridized carbons (Fsp3) is 0.286. The lowest BCUT2D eigenvalue weighted by molar-refractivity contribution is -0.119. The highest BCUT2D eigenvalue weighted by Crippen LogP contribution is 2.29. The topological polar surface area (TPSA) is 49.0 Å². The van der Waals surface area contributed by atoms with Gasteiger partial charge in [-0.1, -0.05) is 29.7 Å². The smallest absolute Gasteiger partial charge is 0.210 e. The van der Waals surface area contributed by atoms with Crippen LogP contribution in [0.25, 0.3) is 11.3 Å². The molecule has 1 fully saturated rings. The minimum absolute atomic E-state index is 0.0834. The average Bonchev–Trinajstić information content (AvgIpc) is 3.07. The van der Waals surface area contributed by atoms with Crippen LogP contribution in [-0.2, 0) is 4.79 Å². The number of nitrogens with zero attached hydrogens (tertiary/aromatic N) is 2. The van der Waals surface area contributed by atoms with Crippen molar-refractivity contribution >= 4 is 19.7 Å². The molecule has 0 aliphatic carbocycles. The molecule has 0 spiro atoms. The summed E-state index contributed by atoms with van der Waals surface area (Å²) in [5, 5.41) is 0. The summed E-state index contributed by atoms with van der Waals surface area (Å²) in [7, 11) is 5.67. The van der Waals surface area contributed by atoms with Gasteiger partial charge in [0, 0.05) is 6.54 Å². The summed E-state index contributed by atoms with van der Waals surface area (Å²) < 4.78 is 0. The number of benzene rings is 1. The fourth-order valence-corrected chi connectivity index (χ4v) is 2.52. The molecule has 0 saturated carbocycles. The van der Waals surface area contributed by atoms with Crippen molar-refractivity contribution in [1.82, 2.24) is 14.9 Å². The summed E-state index contributed by atoms with van der Waals surface area (Å²) in [6.07, 6.45) is 4.71. The van der Waals surface area contributed by atoms with Gasteiger partial charge < -0.3 is 9.88 Å². The third-order valence-corrected chi connectivity index (χ3v) is 3.56. The molecular weight excluding hydrogens is 237 g/mol. The SMILES string of the molecule is [B]c1ccc(-c2cnc(C3CCCN3C=O)[nH]2)cc1. The van der Waals surface area contributed by atoms with E-state index >= 15 is 0 Å². The molecule has 4 nitrogen and oxygen atoms in total. The molecule has 94 valence electrons. The molecule has 1 aliphatic heterocycles. The Morgan fingerprint density at radius 1 is 1.37 bits per heavy atom. The van der Waals surface area contributed by atoms with Crippen LogP contribution in [-0.4, -0.2) is 35.7 Å². The van der Waals surface area contributed by atoms with Gasteiger partial charge in [-0.3, -0.25) is 4.79 Å². The summed E-state index contributed by atoms with van der Waals surface area (Å²) in [6.45, 7) is 0.812. The van der Waals surface area contributed by atoms with Gasteiger partial charge in [-0.05, 0) is 18.4 Å². The second kappa shape index (κ2) is 4.92. The first-order valence-corrected chi connectivity index (χ1v) is 6.40. The van der Waals surface area contributed by atoms with Gasteiger partial charge >= 0.3 is 0 Å². The molecule has 1 atom stereocenters. The third-order valence-electron chi connectivity index (χ3n) is 3.56.